The van der Waals surface area contributed by atoms with Crippen LogP contribution in [0.25, 0.3) is 16.2 Å². The first-order valence-electron chi connectivity index (χ1n) is 8.56. The van der Waals surface area contributed by atoms with Gasteiger partial charge in [-0.25, -0.2) is 9.97 Å². The molecule has 4 aromatic rings. The Morgan fingerprint density at radius 3 is 2.59 bits per heavy atom. The van der Waals surface area contributed by atoms with E-state index < -0.39 is 17.8 Å². The average Bonchev–Trinajstić information content (AvgIpc) is 3.36. The first-order valence-corrected chi connectivity index (χ1v) is 9.44. The number of aromatic nitrogens is 5. The highest BCUT2D eigenvalue weighted by atomic mass is 32.1. The molecular weight excluding hydrogens is 405 g/mol. The zero-order chi connectivity index (χ0) is 20.8. The number of aryl methyl sites for hydroxylation is 1. The second-order valence-electron chi connectivity index (χ2n) is 6.45. The molecule has 3 aromatic heterocycles. The third kappa shape index (κ3) is 3.73. The number of benzene rings is 1. The molecule has 0 aliphatic carbocycles. The number of imidazole rings is 1. The number of thiazole rings is 1. The number of nitrogens with one attached hydrogen (secondary N) is 2. The van der Waals surface area contributed by atoms with E-state index in [4.69, 9.17) is 0 Å². The number of hydrogen-bond acceptors (Lipinski definition) is 5. The van der Waals surface area contributed by atoms with Gasteiger partial charge < -0.3 is 5.32 Å². The molecule has 3 heterocycles. The topological polar surface area (TPSA) is 88.0 Å². The second-order valence-corrected chi connectivity index (χ2v) is 7.29. The van der Waals surface area contributed by atoms with Crippen molar-refractivity contribution < 1.29 is 18.0 Å². The third-order valence-electron chi connectivity index (χ3n) is 4.30. The van der Waals surface area contributed by atoms with Gasteiger partial charge in [-0.2, -0.15) is 18.3 Å². The summed E-state index contributed by atoms with van der Waals surface area (Å²) in [6.07, 6.45) is -2.76. The van der Waals surface area contributed by atoms with E-state index in [2.05, 4.69) is 25.5 Å². The van der Waals surface area contributed by atoms with Gasteiger partial charge in [0.15, 0.2) is 10.8 Å². The van der Waals surface area contributed by atoms with Gasteiger partial charge in [0.05, 0.1) is 17.3 Å². The molecule has 1 amide bonds. The molecule has 0 fully saturated rings. The van der Waals surface area contributed by atoms with E-state index in [9.17, 15) is 18.0 Å². The van der Waals surface area contributed by atoms with E-state index >= 15 is 0 Å². The van der Waals surface area contributed by atoms with Crippen molar-refractivity contribution in [1.29, 1.82) is 0 Å². The molecule has 1 aromatic carbocycles. The quantitative estimate of drug-likeness (QED) is 0.522. The van der Waals surface area contributed by atoms with Crippen molar-refractivity contribution in [2.24, 2.45) is 0 Å². The molecule has 0 saturated heterocycles. The van der Waals surface area contributed by atoms with Crippen LogP contribution in [0.3, 0.4) is 0 Å². The van der Waals surface area contributed by atoms with Gasteiger partial charge in [-0.1, -0.05) is 12.1 Å². The number of carbonyl (C=O) groups excluding carboxylic acids is 1. The van der Waals surface area contributed by atoms with Crippen molar-refractivity contribution in [3.05, 3.63) is 58.7 Å². The number of amides is 1. The molecule has 7 nitrogen and oxygen atoms in total. The molecular formula is C18H15F3N6OS. The van der Waals surface area contributed by atoms with Gasteiger partial charge in [0.2, 0.25) is 0 Å². The standard InChI is InChI=1S/C18H15F3N6OS/c1-9(15-23-10(2)25-26-15)22-16(28)14-8-29-17-24-13(7-27(14)17)11-3-5-12(6-4-11)18(19,20)21/h3-9H,1-2H3,(H,22,28)(H,23,25,26)/t9-/m1/s1. The van der Waals surface area contributed by atoms with E-state index in [-0.39, 0.29) is 5.91 Å². The largest absolute Gasteiger partial charge is 0.416 e. The minimum atomic E-state index is -4.39. The summed E-state index contributed by atoms with van der Waals surface area (Å²) in [4.78, 5) is 21.8. The number of halogens is 3. The number of alkyl halides is 3. The maximum atomic E-state index is 12.7. The van der Waals surface area contributed by atoms with Gasteiger partial charge in [0.1, 0.15) is 11.5 Å². The van der Waals surface area contributed by atoms with Gasteiger partial charge in [-0.15, -0.1) is 11.3 Å². The lowest BCUT2D eigenvalue weighted by Crippen LogP contribution is -2.28. The Kier molecular flexibility index (Phi) is 4.61. The predicted molar refractivity (Wildman–Crippen MR) is 101 cm³/mol. The van der Waals surface area contributed by atoms with Crippen molar-refractivity contribution in [3.8, 4) is 11.3 Å². The summed E-state index contributed by atoms with van der Waals surface area (Å²) in [5, 5.41) is 11.3. The third-order valence-corrected chi connectivity index (χ3v) is 5.14. The average molecular weight is 420 g/mol. The molecule has 0 saturated carbocycles. The summed E-state index contributed by atoms with van der Waals surface area (Å²) >= 11 is 1.27. The van der Waals surface area contributed by atoms with Crippen LogP contribution in [-0.4, -0.2) is 30.5 Å². The SMILES string of the molecule is Cc1nc([C@@H](C)NC(=O)c2csc3nc(-c4ccc(C(F)(F)F)cc4)cn23)n[nH]1. The van der Waals surface area contributed by atoms with Crippen LogP contribution in [0.15, 0.2) is 35.8 Å². The minimum absolute atomic E-state index is 0.331. The summed E-state index contributed by atoms with van der Waals surface area (Å²) in [5.41, 5.74) is 0.662. The number of carbonyl (C=O) groups is 1. The van der Waals surface area contributed by atoms with Gasteiger partial charge in [0, 0.05) is 17.1 Å². The number of aromatic amines is 1. The number of fused-ring (bicyclic) bond motifs is 1. The molecule has 0 spiro atoms. The summed E-state index contributed by atoms with van der Waals surface area (Å²) in [5.74, 6) is 0.788. The van der Waals surface area contributed by atoms with E-state index in [0.717, 1.165) is 12.1 Å². The first kappa shape index (κ1) is 19.1. The molecule has 0 radical (unpaired) electrons. The summed E-state index contributed by atoms with van der Waals surface area (Å²) in [7, 11) is 0. The van der Waals surface area contributed by atoms with E-state index in [1.165, 1.54) is 23.5 Å². The van der Waals surface area contributed by atoms with Crippen LogP contribution in [0.1, 0.15) is 40.7 Å². The monoisotopic (exact) mass is 420 g/mol. The van der Waals surface area contributed by atoms with E-state index in [1.807, 2.05) is 0 Å². The molecule has 0 bridgehead atoms. The summed E-state index contributed by atoms with van der Waals surface area (Å²) in [6, 6.07) is 4.35. The van der Waals surface area contributed by atoms with Gasteiger partial charge >= 0.3 is 6.18 Å². The maximum Gasteiger partial charge on any atom is 0.416 e. The highest BCUT2D eigenvalue weighted by molar-refractivity contribution is 7.15. The summed E-state index contributed by atoms with van der Waals surface area (Å²) < 4.78 is 39.8. The normalized spacial score (nSPS) is 13.0. The van der Waals surface area contributed by atoms with Crippen molar-refractivity contribution in [2.45, 2.75) is 26.1 Å². The Morgan fingerprint density at radius 1 is 1.24 bits per heavy atom. The van der Waals surface area contributed by atoms with Gasteiger partial charge in [-0.05, 0) is 26.0 Å². The van der Waals surface area contributed by atoms with Crippen LogP contribution in [0.4, 0.5) is 13.2 Å². The lowest BCUT2D eigenvalue weighted by Gasteiger charge is -2.09. The van der Waals surface area contributed by atoms with Crippen LogP contribution >= 0.6 is 11.3 Å². The lowest BCUT2D eigenvalue weighted by atomic mass is 10.1. The number of hydrogen-bond donors (Lipinski definition) is 2. The first-order chi connectivity index (χ1) is 13.7. The molecule has 4 rings (SSSR count). The molecule has 0 aliphatic rings. The highest BCUT2D eigenvalue weighted by Gasteiger charge is 2.30. The van der Waals surface area contributed by atoms with Crippen molar-refractivity contribution in [2.75, 3.05) is 0 Å². The fraction of sp³-hybridized carbons (Fsp3) is 0.222. The molecule has 29 heavy (non-hydrogen) atoms. The number of rotatable bonds is 4. The molecule has 11 heteroatoms. The lowest BCUT2D eigenvalue weighted by molar-refractivity contribution is -0.137. The van der Waals surface area contributed by atoms with Crippen LogP contribution in [0, 0.1) is 6.92 Å². The Bertz CT molecular complexity index is 1170. The second kappa shape index (κ2) is 6.99. The fourth-order valence-corrected chi connectivity index (χ4v) is 3.66. The van der Waals surface area contributed by atoms with Crippen LogP contribution < -0.4 is 5.32 Å². The molecule has 0 unspecified atom stereocenters. The maximum absolute atomic E-state index is 12.7. The van der Waals surface area contributed by atoms with Crippen LogP contribution in [-0.2, 0) is 6.18 Å². The molecule has 1 atom stereocenters. The number of nitrogens with zero attached hydrogens (tertiary/aromatic N) is 4. The molecule has 0 aliphatic heterocycles. The van der Waals surface area contributed by atoms with Crippen molar-refractivity contribution in [1.82, 2.24) is 29.9 Å². The zero-order valence-electron chi connectivity index (χ0n) is 15.3. The predicted octanol–water partition coefficient (Wildman–Crippen LogP) is 4.00. The Labute approximate surface area is 166 Å². The van der Waals surface area contributed by atoms with Crippen molar-refractivity contribution >= 4 is 22.2 Å². The Balaban J connectivity index is 1.58. The highest BCUT2D eigenvalue weighted by Crippen LogP contribution is 2.31. The van der Waals surface area contributed by atoms with E-state index in [1.54, 1.807) is 29.8 Å². The van der Waals surface area contributed by atoms with Gasteiger partial charge in [0.25, 0.3) is 5.91 Å². The Morgan fingerprint density at radius 2 is 1.97 bits per heavy atom. The molecule has 150 valence electrons. The fourth-order valence-electron chi connectivity index (χ4n) is 2.81. The van der Waals surface area contributed by atoms with Crippen LogP contribution in [0.5, 0.6) is 0 Å². The minimum Gasteiger partial charge on any atom is -0.341 e. The number of H-pyrrole nitrogens is 1. The van der Waals surface area contributed by atoms with Crippen LogP contribution in [0.2, 0.25) is 0 Å². The smallest absolute Gasteiger partial charge is 0.341 e. The van der Waals surface area contributed by atoms with Crippen molar-refractivity contribution in [3.63, 3.8) is 0 Å². The molecule has 2 N–H and O–H groups in total. The zero-order valence-corrected chi connectivity index (χ0v) is 16.1. The van der Waals surface area contributed by atoms with Gasteiger partial charge in [-0.3, -0.25) is 14.3 Å². The summed E-state index contributed by atoms with van der Waals surface area (Å²) in [6.45, 7) is 3.54. The van der Waals surface area contributed by atoms with E-state index in [0.29, 0.717) is 33.6 Å². The Hall–Kier alpha value is -3.21.